The molecule has 20 heavy (non-hydrogen) atoms. The highest BCUT2D eigenvalue weighted by Gasteiger charge is 2.26. The van der Waals surface area contributed by atoms with Crippen LogP contribution in [0.5, 0.6) is 0 Å². The quantitative estimate of drug-likeness (QED) is 0.869. The smallest absolute Gasteiger partial charge is 0.224 e. The third kappa shape index (κ3) is 5.72. The minimum Gasteiger partial charge on any atom is -0.353 e. The zero-order valence-electron chi connectivity index (χ0n) is 13.2. The van der Waals surface area contributed by atoms with Gasteiger partial charge in [-0.25, -0.2) is 4.39 Å². The van der Waals surface area contributed by atoms with Gasteiger partial charge in [0.05, 0.1) is 6.42 Å². The third-order valence-corrected chi connectivity index (χ3v) is 3.37. The Hall–Kier alpha value is -1.38. The van der Waals surface area contributed by atoms with E-state index in [4.69, 9.17) is 0 Å². The van der Waals surface area contributed by atoms with E-state index in [2.05, 4.69) is 39.9 Å². The van der Waals surface area contributed by atoms with Gasteiger partial charge in [-0.2, -0.15) is 0 Å². The van der Waals surface area contributed by atoms with Crippen molar-refractivity contribution in [2.24, 2.45) is 11.3 Å². The summed E-state index contributed by atoms with van der Waals surface area (Å²) >= 11 is 0. The molecule has 0 bridgehead atoms. The summed E-state index contributed by atoms with van der Waals surface area (Å²) in [4.78, 5) is 12.1. The van der Waals surface area contributed by atoms with Gasteiger partial charge in [0.15, 0.2) is 0 Å². The predicted octanol–water partition coefficient (Wildman–Crippen LogP) is 3.95. The zero-order chi connectivity index (χ0) is 15.3. The molecule has 0 aliphatic carbocycles. The zero-order valence-corrected chi connectivity index (χ0v) is 13.2. The second-order valence-electron chi connectivity index (χ2n) is 6.92. The Bertz CT molecular complexity index is 431. The molecule has 1 aromatic carbocycles. The molecule has 1 aromatic rings. The summed E-state index contributed by atoms with van der Waals surface area (Å²) in [5.74, 6) is 0.254. The molecular formula is C17H26FNO. The molecule has 1 unspecified atom stereocenters. The Kier molecular flexibility index (Phi) is 5.73. The number of carbonyl (C=O) groups excluding carboxylic acids is 1. The van der Waals surface area contributed by atoms with Crippen molar-refractivity contribution in [3.8, 4) is 0 Å². The lowest BCUT2D eigenvalue weighted by Gasteiger charge is -2.33. The van der Waals surface area contributed by atoms with Crippen LogP contribution in [0.25, 0.3) is 0 Å². The molecule has 0 saturated heterocycles. The van der Waals surface area contributed by atoms with E-state index in [1.807, 2.05) is 0 Å². The van der Waals surface area contributed by atoms with E-state index >= 15 is 0 Å². The van der Waals surface area contributed by atoms with Gasteiger partial charge in [0.1, 0.15) is 5.82 Å². The van der Waals surface area contributed by atoms with Crippen molar-refractivity contribution in [3.63, 3.8) is 0 Å². The van der Waals surface area contributed by atoms with Crippen molar-refractivity contribution in [2.45, 2.75) is 53.5 Å². The van der Waals surface area contributed by atoms with Crippen molar-refractivity contribution in [1.29, 1.82) is 0 Å². The van der Waals surface area contributed by atoms with Crippen LogP contribution in [0.15, 0.2) is 24.3 Å². The highest BCUT2D eigenvalue weighted by molar-refractivity contribution is 5.78. The van der Waals surface area contributed by atoms with Gasteiger partial charge in [0, 0.05) is 6.04 Å². The van der Waals surface area contributed by atoms with Crippen LogP contribution in [0.1, 0.15) is 46.6 Å². The first-order valence-electron chi connectivity index (χ1n) is 7.22. The van der Waals surface area contributed by atoms with Crippen molar-refractivity contribution in [2.75, 3.05) is 0 Å². The summed E-state index contributed by atoms with van der Waals surface area (Å²) in [6, 6.07) is 6.23. The summed E-state index contributed by atoms with van der Waals surface area (Å²) < 4.78 is 12.8. The predicted molar refractivity (Wildman–Crippen MR) is 80.9 cm³/mol. The molecule has 0 saturated carbocycles. The van der Waals surface area contributed by atoms with E-state index in [1.165, 1.54) is 12.1 Å². The molecule has 3 heteroatoms. The Labute approximate surface area is 121 Å². The molecule has 0 fully saturated rings. The average molecular weight is 279 g/mol. The minimum atomic E-state index is -0.276. The first-order valence-corrected chi connectivity index (χ1v) is 7.22. The molecule has 1 rings (SSSR count). The summed E-state index contributed by atoms with van der Waals surface area (Å²) in [6.07, 6.45) is 1.25. The van der Waals surface area contributed by atoms with Gasteiger partial charge >= 0.3 is 0 Å². The topological polar surface area (TPSA) is 29.1 Å². The fraction of sp³-hybridized carbons (Fsp3) is 0.588. The Balaban J connectivity index is 2.64. The fourth-order valence-corrected chi connectivity index (χ4v) is 2.13. The number of hydrogen-bond donors (Lipinski definition) is 1. The van der Waals surface area contributed by atoms with Crippen molar-refractivity contribution in [3.05, 3.63) is 35.6 Å². The van der Waals surface area contributed by atoms with Crippen LogP contribution in [0.2, 0.25) is 0 Å². The van der Waals surface area contributed by atoms with E-state index in [-0.39, 0.29) is 23.2 Å². The third-order valence-electron chi connectivity index (χ3n) is 3.37. The first kappa shape index (κ1) is 16.7. The molecule has 1 amide bonds. The van der Waals surface area contributed by atoms with Crippen molar-refractivity contribution in [1.82, 2.24) is 5.32 Å². The summed E-state index contributed by atoms with van der Waals surface area (Å²) in [6.45, 7) is 10.7. The van der Waals surface area contributed by atoms with Crippen LogP contribution in [0.4, 0.5) is 4.39 Å². The standard InChI is InChI=1S/C17H26FNO/c1-12(2)10-15(17(3,4)5)19-16(20)11-13-6-8-14(18)9-7-13/h6-9,12,15H,10-11H2,1-5H3,(H,19,20). The maximum Gasteiger partial charge on any atom is 0.224 e. The van der Waals surface area contributed by atoms with E-state index in [0.717, 1.165) is 12.0 Å². The van der Waals surface area contributed by atoms with Gasteiger partial charge in [0.2, 0.25) is 5.91 Å². The molecule has 1 N–H and O–H groups in total. The molecule has 1 atom stereocenters. The van der Waals surface area contributed by atoms with Crippen LogP contribution < -0.4 is 5.32 Å². The summed E-state index contributed by atoms with van der Waals surface area (Å²) in [7, 11) is 0. The van der Waals surface area contributed by atoms with Crippen LogP contribution in [0.3, 0.4) is 0 Å². The monoisotopic (exact) mass is 279 g/mol. The highest BCUT2D eigenvalue weighted by Crippen LogP contribution is 2.24. The van der Waals surface area contributed by atoms with Gasteiger partial charge in [-0.05, 0) is 35.4 Å². The Morgan fingerprint density at radius 1 is 1.20 bits per heavy atom. The second kappa shape index (κ2) is 6.87. The highest BCUT2D eigenvalue weighted by atomic mass is 19.1. The Morgan fingerprint density at radius 3 is 2.20 bits per heavy atom. The van der Waals surface area contributed by atoms with Gasteiger partial charge in [0.25, 0.3) is 0 Å². The minimum absolute atomic E-state index is 0.00261. The lowest BCUT2D eigenvalue weighted by Crippen LogP contribution is -2.45. The molecule has 0 aliphatic rings. The van der Waals surface area contributed by atoms with Gasteiger partial charge in [-0.3, -0.25) is 4.79 Å². The van der Waals surface area contributed by atoms with Crippen LogP contribution >= 0.6 is 0 Å². The van der Waals surface area contributed by atoms with E-state index in [9.17, 15) is 9.18 Å². The lowest BCUT2D eigenvalue weighted by molar-refractivity contribution is -0.122. The number of nitrogens with one attached hydrogen (secondary N) is 1. The fourth-order valence-electron chi connectivity index (χ4n) is 2.13. The maximum atomic E-state index is 12.8. The molecule has 0 spiro atoms. The molecule has 0 radical (unpaired) electrons. The number of rotatable bonds is 5. The largest absolute Gasteiger partial charge is 0.353 e. The maximum absolute atomic E-state index is 12.8. The van der Waals surface area contributed by atoms with Crippen molar-refractivity contribution < 1.29 is 9.18 Å². The van der Waals surface area contributed by atoms with Gasteiger partial charge in [-0.1, -0.05) is 46.8 Å². The van der Waals surface area contributed by atoms with E-state index in [1.54, 1.807) is 12.1 Å². The molecule has 0 aliphatic heterocycles. The number of hydrogen-bond acceptors (Lipinski definition) is 1. The molecular weight excluding hydrogens is 253 g/mol. The molecule has 0 heterocycles. The summed E-state index contributed by atoms with van der Waals surface area (Å²) in [5, 5.41) is 3.12. The number of amides is 1. The Morgan fingerprint density at radius 2 is 1.75 bits per heavy atom. The normalized spacial score (nSPS) is 13.3. The van der Waals surface area contributed by atoms with Gasteiger partial charge < -0.3 is 5.32 Å². The SMILES string of the molecule is CC(C)CC(NC(=O)Cc1ccc(F)cc1)C(C)(C)C. The molecule has 2 nitrogen and oxygen atoms in total. The molecule has 112 valence electrons. The average Bonchev–Trinajstić information content (AvgIpc) is 2.29. The lowest BCUT2D eigenvalue weighted by atomic mass is 9.82. The number of halogens is 1. The van der Waals surface area contributed by atoms with E-state index in [0.29, 0.717) is 12.3 Å². The van der Waals surface area contributed by atoms with Crippen LogP contribution in [-0.4, -0.2) is 11.9 Å². The number of carbonyl (C=O) groups is 1. The van der Waals surface area contributed by atoms with Crippen LogP contribution in [-0.2, 0) is 11.2 Å². The van der Waals surface area contributed by atoms with E-state index < -0.39 is 0 Å². The number of benzene rings is 1. The van der Waals surface area contributed by atoms with Crippen LogP contribution in [0, 0.1) is 17.2 Å². The van der Waals surface area contributed by atoms with Gasteiger partial charge in [-0.15, -0.1) is 0 Å². The molecule has 0 aromatic heterocycles. The van der Waals surface area contributed by atoms with Crippen molar-refractivity contribution >= 4 is 5.91 Å². The first-order chi connectivity index (χ1) is 9.18. The summed E-state index contributed by atoms with van der Waals surface area (Å²) in [5.41, 5.74) is 0.865. The second-order valence-corrected chi connectivity index (χ2v) is 6.92.